The monoisotopic (exact) mass is 860 g/mol. The first kappa shape index (κ1) is 39.3. The zero-order valence-electron chi connectivity index (χ0n) is 31.8. The summed E-state index contributed by atoms with van der Waals surface area (Å²) in [6.07, 6.45) is 7.03. The van der Waals surface area contributed by atoms with E-state index < -0.39 is 8.07 Å². The minimum absolute atomic E-state index is 0. The fraction of sp³-hybridized carbons (Fsp3) is 0.386. The normalized spacial score (nSPS) is 12.2. The van der Waals surface area contributed by atoms with Crippen LogP contribution in [0.15, 0.2) is 83.5 Å². The van der Waals surface area contributed by atoms with Gasteiger partial charge in [0.25, 0.3) is 0 Å². The molecule has 0 bridgehead atoms. The van der Waals surface area contributed by atoms with E-state index >= 15 is 0 Å². The molecule has 0 saturated carbocycles. The summed E-state index contributed by atoms with van der Waals surface area (Å²) in [5.41, 5.74) is 9.74. The van der Waals surface area contributed by atoms with Crippen molar-refractivity contribution in [1.82, 2.24) is 15.0 Å². The Kier molecular flexibility index (Phi) is 12.5. The van der Waals surface area contributed by atoms with Crippen molar-refractivity contribution in [2.24, 2.45) is 16.7 Å². The van der Waals surface area contributed by atoms with E-state index in [9.17, 15) is 0 Å². The van der Waals surface area contributed by atoms with Crippen LogP contribution in [0, 0.1) is 28.9 Å². The Morgan fingerprint density at radius 2 is 1.52 bits per heavy atom. The maximum Gasteiger partial charge on any atom is 0.216 e. The zero-order valence-corrected chi connectivity index (χ0v) is 35.2. The first-order valence-electron chi connectivity index (χ1n) is 17.6. The zero-order chi connectivity index (χ0) is 35.6. The van der Waals surface area contributed by atoms with E-state index in [0.29, 0.717) is 11.6 Å². The van der Waals surface area contributed by atoms with E-state index in [-0.39, 0.29) is 30.9 Å². The third kappa shape index (κ3) is 10.3. The number of fused-ring (bicyclic) bond motifs is 3. The van der Waals surface area contributed by atoms with Gasteiger partial charge in [0, 0.05) is 43.6 Å². The van der Waals surface area contributed by atoms with Crippen LogP contribution in [0.25, 0.3) is 44.6 Å². The number of rotatable bonds is 7. The second-order valence-electron chi connectivity index (χ2n) is 17.2. The van der Waals surface area contributed by atoms with Gasteiger partial charge in [-0.1, -0.05) is 109 Å². The Bertz CT molecular complexity index is 2030. The predicted molar refractivity (Wildman–Crippen MR) is 210 cm³/mol. The molecule has 6 rings (SSSR count). The Hall–Kier alpha value is -3.44. The van der Waals surface area contributed by atoms with Crippen LogP contribution in [0.1, 0.15) is 72.2 Å². The van der Waals surface area contributed by atoms with Gasteiger partial charge in [-0.05, 0) is 70.8 Å². The average molecular weight is 860 g/mol. The number of aromatic nitrogens is 3. The van der Waals surface area contributed by atoms with Gasteiger partial charge in [0.2, 0.25) is 5.71 Å². The van der Waals surface area contributed by atoms with Gasteiger partial charge >= 0.3 is 0 Å². The van der Waals surface area contributed by atoms with Crippen LogP contribution in [-0.2, 0) is 39.4 Å². The second kappa shape index (κ2) is 15.8. The third-order valence-electron chi connectivity index (χ3n) is 8.29. The molecule has 0 atom stereocenters. The molecule has 0 saturated heterocycles. The Morgan fingerprint density at radius 1 is 0.780 bits per heavy atom. The molecule has 6 heteroatoms. The third-order valence-corrected chi connectivity index (χ3v) is 10.4. The summed E-state index contributed by atoms with van der Waals surface area (Å²) >= 11 is 0. The van der Waals surface area contributed by atoms with Crippen LogP contribution in [0.4, 0.5) is 0 Å². The van der Waals surface area contributed by atoms with Crippen LogP contribution in [-0.4, -0.2) is 23.0 Å². The quantitative estimate of drug-likeness (QED) is 0.119. The Balaban J connectivity index is 0.000000230. The molecule has 0 aliphatic heterocycles. The molecule has 0 aliphatic carbocycles. The molecule has 50 heavy (non-hydrogen) atoms. The maximum atomic E-state index is 6.22. The molecule has 4 heterocycles. The number of nitrogens with zero attached hydrogens (tertiary/aromatic N) is 3. The summed E-state index contributed by atoms with van der Waals surface area (Å²) in [6.45, 7) is 25.2. The van der Waals surface area contributed by atoms with E-state index in [1.165, 1.54) is 16.3 Å². The van der Waals surface area contributed by atoms with E-state index in [1.54, 1.807) is 0 Å². The van der Waals surface area contributed by atoms with Gasteiger partial charge in [0.05, 0.1) is 13.7 Å². The molecular formula is C44H53IrN3OSi-2. The van der Waals surface area contributed by atoms with Gasteiger partial charge in [-0.25, -0.2) is 4.98 Å². The van der Waals surface area contributed by atoms with Gasteiger partial charge in [-0.15, -0.1) is 54.1 Å². The minimum Gasteiger partial charge on any atom is -0.486 e. The molecule has 0 N–H and O–H groups in total. The summed E-state index contributed by atoms with van der Waals surface area (Å²) in [6, 6.07) is 29.5. The van der Waals surface area contributed by atoms with Gasteiger partial charge in [0.15, 0.2) is 0 Å². The second-order valence-corrected chi connectivity index (χ2v) is 22.3. The van der Waals surface area contributed by atoms with E-state index in [1.807, 2.05) is 36.5 Å². The number of hydrogen-bond donors (Lipinski definition) is 0. The number of pyridine rings is 3. The first-order valence-corrected chi connectivity index (χ1v) is 21.1. The first-order chi connectivity index (χ1) is 23.0. The van der Waals surface area contributed by atoms with Crippen molar-refractivity contribution >= 4 is 35.3 Å². The molecule has 0 fully saturated rings. The SMILES string of the molecule is CC(C)(C)Cc1cc(-c2[c-]cccc2)ncc1[Si](C)(C)C.CC(C)Cc1ccc2c(n1)oc1c(-c3cc(CC(C)(C)C)ccn3)[c-]ccc12.[Ir]. The van der Waals surface area contributed by atoms with Gasteiger partial charge in [0.1, 0.15) is 0 Å². The van der Waals surface area contributed by atoms with E-state index in [4.69, 9.17) is 14.4 Å². The molecule has 265 valence electrons. The average Bonchev–Trinajstić information content (AvgIpc) is 3.37. The summed E-state index contributed by atoms with van der Waals surface area (Å²) in [5.74, 6) is 0.563. The van der Waals surface area contributed by atoms with Crippen LogP contribution >= 0.6 is 0 Å². The summed E-state index contributed by atoms with van der Waals surface area (Å²) in [5, 5.41) is 3.59. The smallest absolute Gasteiger partial charge is 0.216 e. The molecule has 0 unspecified atom stereocenters. The molecule has 0 aliphatic rings. The Labute approximate surface area is 314 Å². The van der Waals surface area contributed by atoms with Crippen molar-refractivity contribution in [3.63, 3.8) is 0 Å². The number of furan rings is 1. The van der Waals surface area contributed by atoms with Crippen molar-refractivity contribution in [1.29, 1.82) is 0 Å². The largest absolute Gasteiger partial charge is 0.486 e. The molecular weight excluding hydrogens is 807 g/mol. The molecule has 0 amide bonds. The number of benzene rings is 2. The Morgan fingerprint density at radius 3 is 2.16 bits per heavy atom. The number of hydrogen-bond acceptors (Lipinski definition) is 4. The molecule has 1 radical (unpaired) electrons. The molecule has 4 aromatic heterocycles. The fourth-order valence-electron chi connectivity index (χ4n) is 6.31. The predicted octanol–water partition coefficient (Wildman–Crippen LogP) is 11.3. The molecule has 0 spiro atoms. The molecule has 6 aromatic rings. The van der Waals surface area contributed by atoms with Crippen molar-refractivity contribution < 1.29 is 24.5 Å². The van der Waals surface area contributed by atoms with E-state index in [2.05, 4.69) is 135 Å². The standard InChI is InChI=1S/C25H27N2O.C19H26NSi.Ir/c1-16(2)13-18-9-10-20-19-7-6-8-21(23(19)28-24(20)27-18)22-14-17(11-12-26-22)15-25(3,4)5;1-19(2,3)13-16-12-17(15-10-8-7-9-11-15)20-14-18(16)21(4,5)6;/h6-7,9-12,14,16H,13,15H2,1-5H3;7-10,12,14H,13H2,1-6H3;/q2*-1;. The van der Waals surface area contributed by atoms with Crippen LogP contribution < -0.4 is 5.19 Å². The van der Waals surface area contributed by atoms with Crippen molar-refractivity contribution in [3.8, 4) is 22.5 Å². The van der Waals surface area contributed by atoms with Crippen molar-refractivity contribution in [2.75, 3.05) is 0 Å². The fourth-order valence-corrected chi connectivity index (χ4v) is 7.88. The minimum atomic E-state index is -1.37. The van der Waals surface area contributed by atoms with Crippen LogP contribution in [0.2, 0.25) is 19.6 Å². The van der Waals surface area contributed by atoms with Crippen LogP contribution in [0.3, 0.4) is 0 Å². The van der Waals surface area contributed by atoms with Gasteiger partial charge in [-0.2, -0.15) is 0 Å². The van der Waals surface area contributed by atoms with E-state index in [0.717, 1.165) is 63.8 Å². The summed E-state index contributed by atoms with van der Waals surface area (Å²) < 4.78 is 6.22. The topological polar surface area (TPSA) is 51.8 Å². The molecule has 4 nitrogen and oxygen atoms in total. The van der Waals surface area contributed by atoms with Gasteiger partial charge in [-0.3, -0.25) is 0 Å². The maximum absolute atomic E-state index is 6.22. The summed E-state index contributed by atoms with van der Waals surface area (Å²) in [7, 11) is -1.37. The van der Waals surface area contributed by atoms with Crippen molar-refractivity contribution in [3.05, 3.63) is 108 Å². The molecule has 2 aromatic carbocycles. The van der Waals surface area contributed by atoms with Crippen LogP contribution in [0.5, 0.6) is 0 Å². The van der Waals surface area contributed by atoms with Gasteiger partial charge < -0.3 is 14.4 Å². The summed E-state index contributed by atoms with van der Waals surface area (Å²) in [4.78, 5) is 14.1. The van der Waals surface area contributed by atoms with Crippen molar-refractivity contribution in [2.45, 2.75) is 94.3 Å².